The Kier molecular flexibility index (Phi) is 7.00. The largest absolute Gasteiger partial charge is 0.368 e. The van der Waals surface area contributed by atoms with E-state index in [4.69, 9.17) is 28.9 Å². The molecule has 3 rings (SSSR count). The van der Waals surface area contributed by atoms with Gasteiger partial charge in [-0.05, 0) is 44.6 Å². The molecule has 1 aromatic rings. The number of aromatic nitrogens is 2. The molecule has 1 saturated heterocycles. The van der Waals surface area contributed by atoms with Crippen LogP contribution in [0.1, 0.15) is 39.0 Å². The number of piperazine rings is 1. The Morgan fingerprint density at radius 3 is 2.44 bits per heavy atom. The van der Waals surface area contributed by atoms with Crippen molar-refractivity contribution < 1.29 is 4.79 Å². The van der Waals surface area contributed by atoms with Crippen molar-refractivity contribution in [2.45, 2.75) is 45.1 Å². The van der Waals surface area contributed by atoms with Crippen molar-refractivity contribution in [3.63, 3.8) is 0 Å². The first-order valence-electron chi connectivity index (χ1n) is 9.65. The topological polar surface area (TPSA) is 87.4 Å². The van der Waals surface area contributed by atoms with Crippen molar-refractivity contribution >= 4 is 40.9 Å². The van der Waals surface area contributed by atoms with Gasteiger partial charge in [0.2, 0.25) is 11.9 Å². The fourth-order valence-electron chi connectivity index (χ4n) is 4.07. The number of nitrogens with zero attached hydrogens (tertiary/aromatic N) is 4. The zero-order valence-electron chi connectivity index (χ0n) is 15.8. The van der Waals surface area contributed by atoms with E-state index in [2.05, 4.69) is 25.1 Å². The van der Waals surface area contributed by atoms with Gasteiger partial charge in [-0.25, -0.2) is 0 Å². The second kappa shape index (κ2) is 9.26. The van der Waals surface area contributed by atoms with Crippen molar-refractivity contribution in [3.8, 4) is 0 Å². The van der Waals surface area contributed by atoms with Gasteiger partial charge in [-0.15, -0.1) is 0 Å². The number of anilines is 2. The molecule has 0 spiro atoms. The third-order valence-electron chi connectivity index (χ3n) is 5.59. The normalized spacial score (nSPS) is 24.0. The van der Waals surface area contributed by atoms with Crippen molar-refractivity contribution in [1.82, 2.24) is 20.2 Å². The molecular weight excluding hydrogens is 387 g/mol. The number of amides is 1. The fourth-order valence-corrected chi connectivity index (χ4v) is 4.44. The average Bonchev–Trinajstić information content (AvgIpc) is 2.64. The SMILES string of the molecule is CC(=O)NC1CCC(CCN2CCN(c3nc(N)nc(Cl)c3Cl)CC2)CC1. The van der Waals surface area contributed by atoms with Gasteiger partial charge in [-0.1, -0.05) is 23.2 Å². The average molecular weight is 415 g/mol. The van der Waals surface area contributed by atoms with E-state index in [-0.39, 0.29) is 17.0 Å². The highest BCUT2D eigenvalue weighted by atomic mass is 35.5. The summed E-state index contributed by atoms with van der Waals surface area (Å²) < 4.78 is 0. The van der Waals surface area contributed by atoms with Gasteiger partial charge in [-0.2, -0.15) is 9.97 Å². The van der Waals surface area contributed by atoms with Crippen molar-refractivity contribution in [1.29, 1.82) is 0 Å². The number of nitrogens with two attached hydrogens (primary N) is 1. The Hall–Kier alpha value is -1.31. The predicted octanol–water partition coefficient (Wildman–Crippen LogP) is 2.57. The molecule has 3 N–H and O–H groups in total. The van der Waals surface area contributed by atoms with Gasteiger partial charge in [0, 0.05) is 39.1 Å². The minimum atomic E-state index is 0.0863. The Balaban J connectivity index is 1.41. The minimum absolute atomic E-state index is 0.0863. The summed E-state index contributed by atoms with van der Waals surface area (Å²) in [5.74, 6) is 1.63. The maximum Gasteiger partial charge on any atom is 0.223 e. The molecule has 1 aromatic heterocycles. The molecule has 1 aliphatic carbocycles. The third kappa shape index (κ3) is 5.59. The summed E-state index contributed by atoms with van der Waals surface area (Å²) in [6, 6.07) is 0.374. The zero-order valence-corrected chi connectivity index (χ0v) is 17.3. The van der Waals surface area contributed by atoms with Crippen LogP contribution >= 0.6 is 23.2 Å². The van der Waals surface area contributed by atoms with Crippen LogP contribution in [0.15, 0.2) is 0 Å². The summed E-state index contributed by atoms with van der Waals surface area (Å²) in [6.07, 6.45) is 5.84. The quantitative estimate of drug-likeness (QED) is 0.719. The second-order valence-electron chi connectivity index (χ2n) is 7.55. The first-order chi connectivity index (χ1) is 12.9. The van der Waals surface area contributed by atoms with Crippen LogP contribution in [0.4, 0.5) is 11.8 Å². The van der Waals surface area contributed by atoms with Crippen LogP contribution in [0.5, 0.6) is 0 Å². The summed E-state index contributed by atoms with van der Waals surface area (Å²) >= 11 is 12.3. The molecule has 2 aliphatic rings. The van der Waals surface area contributed by atoms with Crippen LogP contribution in [0.3, 0.4) is 0 Å². The number of nitrogens with one attached hydrogen (secondary N) is 1. The van der Waals surface area contributed by atoms with Gasteiger partial charge in [0.25, 0.3) is 0 Å². The lowest BCUT2D eigenvalue weighted by Gasteiger charge is -2.37. The molecule has 0 aromatic carbocycles. The van der Waals surface area contributed by atoms with Crippen molar-refractivity contribution in [2.24, 2.45) is 5.92 Å². The molecule has 9 heteroatoms. The highest BCUT2D eigenvalue weighted by Crippen LogP contribution is 2.31. The van der Waals surface area contributed by atoms with Gasteiger partial charge in [0.05, 0.1) is 0 Å². The molecule has 0 bridgehead atoms. The maximum absolute atomic E-state index is 11.2. The summed E-state index contributed by atoms with van der Waals surface area (Å²) in [5.41, 5.74) is 5.70. The minimum Gasteiger partial charge on any atom is -0.368 e. The highest BCUT2D eigenvalue weighted by Gasteiger charge is 2.25. The van der Waals surface area contributed by atoms with E-state index in [0.29, 0.717) is 16.9 Å². The number of carbonyl (C=O) groups excluding carboxylic acids is 1. The highest BCUT2D eigenvalue weighted by molar-refractivity contribution is 6.42. The Bertz CT molecular complexity index is 657. The van der Waals surface area contributed by atoms with Gasteiger partial charge in [-0.3, -0.25) is 9.69 Å². The van der Waals surface area contributed by atoms with Crippen molar-refractivity contribution in [2.75, 3.05) is 43.4 Å². The third-order valence-corrected chi connectivity index (χ3v) is 6.31. The Labute approximate surface area is 170 Å². The molecule has 0 radical (unpaired) electrons. The van der Waals surface area contributed by atoms with Gasteiger partial charge in [0.15, 0.2) is 11.0 Å². The van der Waals surface area contributed by atoms with Crippen LogP contribution in [-0.2, 0) is 4.79 Å². The number of carbonyl (C=O) groups is 1. The van der Waals surface area contributed by atoms with Crippen LogP contribution in [0.2, 0.25) is 10.2 Å². The number of halogens is 2. The molecule has 1 aliphatic heterocycles. The molecule has 7 nitrogen and oxygen atoms in total. The van der Waals surface area contributed by atoms with Crippen LogP contribution in [-0.4, -0.2) is 59.5 Å². The summed E-state index contributed by atoms with van der Waals surface area (Å²) in [4.78, 5) is 23.9. The first kappa shape index (κ1) is 20.4. The monoisotopic (exact) mass is 414 g/mol. The van der Waals surface area contributed by atoms with E-state index >= 15 is 0 Å². The van der Waals surface area contributed by atoms with Crippen LogP contribution < -0.4 is 16.0 Å². The molecule has 150 valence electrons. The number of hydrogen-bond acceptors (Lipinski definition) is 6. The second-order valence-corrected chi connectivity index (χ2v) is 8.28. The van der Waals surface area contributed by atoms with E-state index in [9.17, 15) is 4.79 Å². The molecular formula is C18H28Cl2N6O. The molecule has 1 amide bonds. The molecule has 2 fully saturated rings. The number of rotatable bonds is 5. The fraction of sp³-hybridized carbons (Fsp3) is 0.722. The predicted molar refractivity (Wildman–Crippen MR) is 109 cm³/mol. The zero-order chi connectivity index (χ0) is 19.4. The molecule has 0 atom stereocenters. The van der Waals surface area contributed by atoms with Crippen LogP contribution in [0, 0.1) is 5.92 Å². The lowest BCUT2D eigenvalue weighted by Crippen LogP contribution is -2.47. The number of hydrogen-bond donors (Lipinski definition) is 2. The summed E-state index contributed by atoms with van der Waals surface area (Å²) in [6.45, 7) is 6.36. The maximum atomic E-state index is 11.2. The summed E-state index contributed by atoms with van der Waals surface area (Å²) in [7, 11) is 0. The van der Waals surface area contributed by atoms with E-state index in [0.717, 1.165) is 51.5 Å². The summed E-state index contributed by atoms with van der Waals surface area (Å²) in [5, 5.41) is 3.62. The lowest BCUT2D eigenvalue weighted by molar-refractivity contribution is -0.119. The molecule has 27 heavy (non-hydrogen) atoms. The molecule has 2 heterocycles. The van der Waals surface area contributed by atoms with Gasteiger partial charge >= 0.3 is 0 Å². The Morgan fingerprint density at radius 1 is 1.15 bits per heavy atom. The molecule has 0 unspecified atom stereocenters. The standard InChI is InChI=1S/C18H28Cl2N6O/c1-12(27)22-14-4-2-13(3-5-14)6-7-25-8-10-26(11-9-25)17-15(19)16(20)23-18(21)24-17/h13-14H,2-11H2,1H3,(H,22,27)(H2,21,23,24). The van der Waals surface area contributed by atoms with Gasteiger partial charge < -0.3 is 16.0 Å². The van der Waals surface area contributed by atoms with E-state index in [1.807, 2.05) is 0 Å². The smallest absolute Gasteiger partial charge is 0.223 e. The van der Waals surface area contributed by atoms with Crippen molar-refractivity contribution in [3.05, 3.63) is 10.2 Å². The Morgan fingerprint density at radius 2 is 1.81 bits per heavy atom. The number of nitrogen functional groups attached to an aromatic ring is 1. The first-order valence-corrected chi connectivity index (χ1v) is 10.4. The molecule has 1 saturated carbocycles. The van der Waals surface area contributed by atoms with Gasteiger partial charge in [0.1, 0.15) is 5.02 Å². The van der Waals surface area contributed by atoms with E-state index in [1.165, 1.54) is 19.3 Å². The van der Waals surface area contributed by atoms with E-state index in [1.54, 1.807) is 6.92 Å². The van der Waals surface area contributed by atoms with E-state index < -0.39 is 0 Å². The van der Waals surface area contributed by atoms with Crippen LogP contribution in [0.25, 0.3) is 0 Å². The lowest BCUT2D eigenvalue weighted by atomic mass is 9.84.